The highest BCUT2D eigenvalue weighted by atomic mass is 32.1. The predicted octanol–water partition coefficient (Wildman–Crippen LogP) is 2.08. The molecule has 2 saturated heterocycles. The molecule has 2 atom stereocenters. The fourth-order valence-electron chi connectivity index (χ4n) is 3.59. The molecule has 122 valence electrons. The molecule has 2 aromatic rings. The van der Waals surface area contributed by atoms with E-state index in [2.05, 4.69) is 15.2 Å². The highest BCUT2D eigenvalue weighted by Crippen LogP contribution is 2.41. The van der Waals surface area contributed by atoms with Gasteiger partial charge < -0.3 is 10.1 Å². The number of amides is 1. The molecule has 0 unspecified atom stereocenters. The molecule has 2 aromatic heterocycles. The largest absolute Gasteiger partial charge is 0.380 e. The minimum absolute atomic E-state index is 0.0182. The van der Waals surface area contributed by atoms with Gasteiger partial charge in [0.25, 0.3) is 5.91 Å². The number of hydrogen-bond acceptors (Lipinski definition) is 6. The number of thiophene rings is 1. The topological polar surface area (TPSA) is 54.5 Å². The smallest absolute Gasteiger partial charge is 0.252 e. The number of ether oxygens (including phenoxy) is 1. The van der Waals surface area contributed by atoms with Gasteiger partial charge >= 0.3 is 0 Å². The van der Waals surface area contributed by atoms with Gasteiger partial charge in [-0.2, -0.15) is 11.3 Å². The lowest BCUT2D eigenvalue weighted by atomic mass is 9.81. The van der Waals surface area contributed by atoms with Gasteiger partial charge in [0.2, 0.25) is 0 Å². The lowest BCUT2D eigenvalue weighted by Gasteiger charge is -2.27. The van der Waals surface area contributed by atoms with Crippen molar-refractivity contribution in [3.63, 3.8) is 0 Å². The zero-order valence-corrected chi connectivity index (χ0v) is 14.4. The molecular formula is C16H19N3O2S2. The molecule has 0 radical (unpaired) electrons. The van der Waals surface area contributed by atoms with E-state index in [1.165, 1.54) is 0 Å². The fraction of sp³-hybridized carbons (Fsp3) is 0.500. The van der Waals surface area contributed by atoms with Crippen molar-refractivity contribution in [1.82, 2.24) is 15.2 Å². The first-order chi connectivity index (χ1) is 11.3. The van der Waals surface area contributed by atoms with Crippen molar-refractivity contribution < 1.29 is 9.53 Å². The quantitative estimate of drug-likeness (QED) is 0.898. The monoisotopic (exact) mass is 349 g/mol. The Morgan fingerprint density at radius 1 is 1.52 bits per heavy atom. The summed E-state index contributed by atoms with van der Waals surface area (Å²) in [6, 6.07) is 1.86. The number of aromatic nitrogens is 1. The molecule has 1 amide bonds. The normalized spacial score (nSPS) is 27.2. The third-order valence-corrected chi connectivity index (χ3v) is 6.27. The average molecular weight is 349 g/mol. The first-order valence-electron chi connectivity index (χ1n) is 7.74. The van der Waals surface area contributed by atoms with E-state index in [1.54, 1.807) is 22.7 Å². The molecule has 0 spiro atoms. The third kappa shape index (κ3) is 3.06. The molecule has 7 heteroatoms. The van der Waals surface area contributed by atoms with Crippen molar-refractivity contribution in [3.8, 4) is 0 Å². The van der Waals surface area contributed by atoms with Crippen molar-refractivity contribution in [2.24, 2.45) is 11.3 Å². The Hall–Kier alpha value is -1.28. The van der Waals surface area contributed by atoms with Crippen LogP contribution in [0, 0.1) is 11.3 Å². The van der Waals surface area contributed by atoms with Gasteiger partial charge in [0.05, 0.1) is 19.8 Å². The molecular weight excluding hydrogens is 330 g/mol. The Morgan fingerprint density at radius 3 is 3.26 bits per heavy atom. The fourth-order valence-corrected chi connectivity index (χ4v) is 4.88. The number of hydrogen-bond donors (Lipinski definition) is 1. The summed E-state index contributed by atoms with van der Waals surface area (Å²) in [6.07, 6.45) is 1.86. The Kier molecular flexibility index (Phi) is 4.19. The number of fused-ring (bicyclic) bond motifs is 1. The molecule has 5 nitrogen and oxygen atoms in total. The Labute approximate surface area is 143 Å². The molecule has 0 aliphatic carbocycles. The molecule has 4 heterocycles. The highest BCUT2D eigenvalue weighted by Gasteiger charge is 2.50. The van der Waals surface area contributed by atoms with Crippen molar-refractivity contribution in [2.75, 3.05) is 32.8 Å². The summed E-state index contributed by atoms with van der Waals surface area (Å²) in [7, 11) is 0. The van der Waals surface area contributed by atoms with Crippen LogP contribution >= 0.6 is 22.7 Å². The molecule has 0 saturated carbocycles. The van der Waals surface area contributed by atoms with Crippen molar-refractivity contribution in [3.05, 3.63) is 39.0 Å². The summed E-state index contributed by atoms with van der Waals surface area (Å²) in [5.74, 6) is 0.509. The van der Waals surface area contributed by atoms with Gasteiger partial charge in [0.1, 0.15) is 5.01 Å². The minimum atomic E-state index is 0.0182. The van der Waals surface area contributed by atoms with Gasteiger partial charge in [-0.05, 0) is 11.4 Å². The molecule has 2 fully saturated rings. The summed E-state index contributed by atoms with van der Waals surface area (Å²) in [5.41, 5.74) is 0.794. The van der Waals surface area contributed by atoms with Crippen LogP contribution in [0.5, 0.6) is 0 Å². The van der Waals surface area contributed by atoms with Crippen LogP contribution in [0.2, 0.25) is 0 Å². The van der Waals surface area contributed by atoms with E-state index < -0.39 is 0 Å². The van der Waals surface area contributed by atoms with Crippen LogP contribution in [0.15, 0.2) is 28.4 Å². The zero-order valence-electron chi connectivity index (χ0n) is 12.7. The number of carbonyl (C=O) groups is 1. The molecule has 23 heavy (non-hydrogen) atoms. The van der Waals surface area contributed by atoms with Gasteiger partial charge in [0.15, 0.2) is 0 Å². The number of likely N-dealkylation sites (tertiary alicyclic amines) is 1. The van der Waals surface area contributed by atoms with E-state index in [0.717, 1.165) is 43.4 Å². The van der Waals surface area contributed by atoms with Crippen LogP contribution in [0.1, 0.15) is 15.4 Å². The van der Waals surface area contributed by atoms with Gasteiger partial charge in [-0.3, -0.25) is 9.69 Å². The summed E-state index contributed by atoms with van der Waals surface area (Å²) in [5, 5.41) is 10.1. The Morgan fingerprint density at radius 2 is 2.48 bits per heavy atom. The Balaban J connectivity index is 1.40. The standard InChI is InChI=1S/C16H19N3O2S2/c20-15(12-1-3-22-8-12)18-9-16-10-19(5-13(16)7-21-11-16)6-14-17-2-4-23-14/h1-4,8,13H,5-7,9-11H2,(H,18,20)/t13-,16+/m0/s1. The van der Waals surface area contributed by atoms with Crippen molar-refractivity contribution >= 4 is 28.6 Å². The second-order valence-corrected chi connectivity index (χ2v) is 8.12. The molecule has 0 aromatic carbocycles. The van der Waals surface area contributed by atoms with Crippen LogP contribution in [0.4, 0.5) is 0 Å². The van der Waals surface area contributed by atoms with Gasteiger partial charge in [-0.25, -0.2) is 4.98 Å². The number of nitrogens with one attached hydrogen (secondary N) is 1. The van der Waals surface area contributed by atoms with E-state index in [-0.39, 0.29) is 11.3 Å². The molecule has 2 aliphatic heterocycles. The zero-order chi connectivity index (χ0) is 15.7. The number of nitrogens with zero attached hydrogens (tertiary/aromatic N) is 2. The van der Waals surface area contributed by atoms with E-state index in [1.807, 2.05) is 28.4 Å². The van der Waals surface area contributed by atoms with Crippen molar-refractivity contribution in [2.45, 2.75) is 6.54 Å². The van der Waals surface area contributed by atoms with Crippen LogP contribution in [0.25, 0.3) is 0 Å². The van der Waals surface area contributed by atoms with E-state index >= 15 is 0 Å². The summed E-state index contributed by atoms with van der Waals surface area (Å²) in [6.45, 7) is 5.09. The predicted molar refractivity (Wildman–Crippen MR) is 90.8 cm³/mol. The first kappa shape index (κ1) is 15.3. The molecule has 2 aliphatic rings. The Bertz CT molecular complexity index is 659. The van der Waals surface area contributed by atoms with Crippen LogP contribution in [0.3, 0.4) is 0 Å². The van der Waals surface area contributed by atoms with E-state index in [4.69, 9.17) is 4.74 Å². The molecule has 4 rings (SSSR count). The summed E-state index contributed by atoms with van der Waals surface area (Å²) >= 11 is 3.25. The minimum Gasteiger partial charge on any atom is -0.380 e. The third-order valence-electron chi connectivity index (χ3n) is 4.82. The SMILES string of the molecule is O=C(NC[C@@]12COC[C@@H]1CN(Cc1nccs1)C2)c1ccsc1. The summed E-state index contributed by atoms with van der Waals surface area (Å²) in [4.78, 5) is 19.0. The first-order valence-corrected chi connectivity index (χ1v) is 9.56. The van der Waals surface area contributed by atoms with Crippen LogP contribution < -0.4 is 5.32 Å². The summed E-state index contributed by atoms with van der Waals surface area (Å²) < 4.78 is 5.73. The second-order valence-electron chi connectivity index (χ2n) is 6.36. The van der Waals surface area contributed by atoms with E-state index in [0.29, 0.717) is 12.5 Å². The van der Waals surface area contributed by atoms with Crippen LogP contribution in [-0.4, -0.2) is 48.6 Å². The second kappa shape index (κ2) is 6.32. The molecule has 1 N–H and O–H groups in total. The van der Waals surface area contributed by atoms with Crippen molar-refractivity contribution in [1.29, 1.82) is 0 Å². The highest BCUT2D eigenvalue weighted by molar-refractivity contribution is 7.09. The maximum absolute atomic E-state index is 12.2. The van der Waals surface area contributed by atoms with Gasteiger partial charge in [0, 0.05) is 53.5 Å². The maximum Gasteiger partial charge on any atom is 0.252 e. The lowest BCUT2D eigenvalue weighted by molar-refractivity contribution is 0.0904. The molecule has 0 bridgehead atoms. The number of thiazole rings is 1. The van der Waals surface area contributed by atoms with Gasteiger partial charge in [-0.1, -0.05) is 0 Å². The van der Waals surface area contributed by atoms with E-state index in [9.17, 15) is 4.79 Å². The lowest BCUT2D eigenvalue weighted by Crippen LogP contribution is -2.43. The number of rotatable bonds is 5. The maximum atomic E-state index is 12.2. The average Bonchev–Trinajstić information content (AvgIpc) is 3.29. The van der Waals surface area contributed by atoms with Gasteiger partial charge in [-0.15, -0.1) is 11.3 Å². The number of carbonyl (C=O) groups excluding carboxylic acids is 1. The van der Waals surface area contributed by atoms with Crippen LogP contribution in [-0.2, 0) is 11.3 Å².